The first-order valence-corrected chi connectivity index (χ1v) is 4.94. The first-order valence-electron chi connectivity index (χ1n) is 4.56. The molecule has 2 aromatic heterocycles. The van der Waals surface area contributed by atoms with Gasteiger partial charge in [0, 0.05) is 10.9 Å². The van der Waals surface area contributed by atoms with Crippen molar-refractivity contribution in [1.29, 1.82) is 0 Å². The molecule has 0 fully saturated rings. The third kappa shape index (κ3) is 1.26. The monoisotopic (exact) mass is 221 g/mol. The number of rotatable bonds is 0. The van der Waals surface area contributed by atoms with Crippen LogP contribution in [0.2, 0.25) is 5.15 Å². The topological polar surface area (TPSA) is 61.0 Å². The zero-order valence-electron chi connectivity index (χ0n) is 7.83. The van der Waals surface area contributed by atoms with Gasteiger partial charge < -0.3 is 10.5 Å². The molecule has 5 heteroatoms. The van der Waals surface area contributed by atoms with E-state index in [0.29, 0.717) is 24.2 Å². The van der Waals surface area contributed by atoms with E-state index in [0.717, 1.165) is 22.0 Å². The van der Waals surface area contributed by atoms with Crippen LogP contribution in [-0.4, -0.2) is 9.97 Å². The van der Waals surface area contributed by atoms with Crippen LogP contribution in [0.25, 0.3) is 10.9 Å². The average Bonchev–Trinajstić information content (AvgIpc) is 2.69. The zero-order valence-corrected chi connectivity index (χ0v) is 8.58. The smallest absolute Gasteiger partial charge is 0.130 e. The van der Waals surface area contributed by atoms with Gasteiger partial charge in [0.25, 0.3) is 0 Å². The largest absolute Gasteiger partial charge is 0.383 e. The van der Waals surface area contributed by atoms with E-state index in [2.05, 4.69) is 9.97 Å². The molecule has 3 heterocycles. The number of anilines is 1. The number of hydrogen-bond donors (Lipinski definition) is 1. The fraction of sp³-hybridized carbons (Fsp3) is 0.200. The Morgan fingerprint density at radius 3 is 3.00 bits per heavy atom. The van der Waals surface area contributed by atoms with Gasteiger partial charge in [-0.1, -0.05) is 11.6 Å². The van der Waals surface area contributed by atoms with Gasteiger partial charge in [0.05, 0.1) is 24.9 Å². The quantitative estimate of drug-likeness (QED) is 0.691. The summed E-state index contributed by atoms with van der Waals surface area (Å²) in [5.74, 6) is 0.527. The lowest BCUT2D eigenvalue weighted by molar-refractivity contribution is 0.135. The van der Waals surface area contributed by atoms with E-state index >= 15 is 0 Å². The Balaban J connectivity index is 2.44. The summed E-state index contributed by atoms with van der Waals surface area (Å²) in [7, 11) is 0. The van der Waals surface area contributed by atoms with Gasteiger partial charge in [0.15, 0.2) is 0 Å². The molecule has 1 aliphatic rings. The molecule has 0 saturated carbocycles. The number of ether oxygens (including phenoxy) is 1. The Bertz CT molecular complexity index is 556. The molecule has 76 valence electrons. The van der Waals surface area contributed by atoms with Gasteiger partial charge in [0.1, 0.15) is 11.0 Å². The van der Waals surface area contributed by atoms with Gasteiger partial charge in [0.2, 0.25) is 0 Å². The van der Waals surface area contributed by atoms with Crippen molar-refractivity contribution in [3.8, 4) is 0 Å². The van der Waals surface area contributed by atoms with Crippen LogP contribution in [0.5, 0.6) is 0 Å². The summed E-state index contributed by atoms with van der Waals surface area (Å²) >= 11 is 5.85. The predicted octanol–water partition coefficient (Wildman–Crippen LogP) is 1.90. The number of nitrogen functional groups attached to an aromatic ring is 1. The molecule has 0 aliphatic carbocycles. The minimum atomic E-state index is 0.461. The number of hydrogen-bond acceptors (Lipinski definition) is 4. The van der Waals surface area contributed by atoms with E-state index in [-0.39, 0.29) is 0 Å². The van der Waals surface area contributed by atoms with Gasteiger partial charge in [-0.05, 0) is 11.6 Å². The molecular weight excluding hydrogens is 214 g/mol. The second kappa shape index (κ2) is 3.05. The third-order valence-electron chi connectivity index (χ3n) is 2.58. The molecule has 3 rings (SSSR count). The molecule has 0 radical (unpaired) electrons. The van der Waals surface area contributed by atoms with Gasteiger partial charge in [-0.2, -0.15) is 0 Å². The average molecular weight is 222 g/mol. The first kappa shape index (κ1) is 8.88. The maximum Gasteiger partial charge on any atom is 0.130 e. The van der Waals surface area contributed by atoms with Crippen LogP contribution in [-0.2, 0) is 18.0 Å². The highest BCUT2D eigenvalue weighted by Crippen LogP contribution is 2.31. The number of nitrogens with zero attached hydrogens (tertiary/aromatic N) is 2. The number of pyridine rings is 2. The SMILES string of the molecule is Nc1nc2cnc(Cl)cc2c2c1COC2. The van der Waals surface area contributed by atoms with Crippen molar-refractivity contribution in [2.24, 2.45) is 0 Å². The molecule has 0 aromatic carbocycles. The van der Waals surface area contributed by atoms with Gasteiger partial charge in [-0.15, -0.1) is 0 Å². The van der Waals surface area contributed by atoms with Crippen molar-refractivity contribution in [3.63, 3.8) is 0 Å². The third-order valence-corrected chi connectivity index (χ3v) is 2.79. The Hall–Kier alpha value is -1.39. The van der Waals surface area contributed by atoms with Crippen LogP contribution < -0.4 is 5.73 Å². The zero-order chi connectivity index (χ0) is 10.4. The van der Waals surface area contributed by atoms with Crippen LogP contribution in [0, 0.1) is 0 Å². The molecule has 0 atom stereocenters. The van der Waals surface area contributed by atoms with Crippen molar-refractivity contribution in [3.05, 3.63) is 28.5 Å². The number of halogens is 1. The highest BCUT2D eigenvalue weighted by Gasteiger charge is 2.19. The first-order chi connectivity index (χ1) is 7.25. The predicted molar refractivity (Wildman–Crippen MR) is 57.5 cm³/mol. The normalized spacial score (nSPS) is 14.5. The second-order valence-corrected chi connectivity index (χ2v) is 3.86. The number of fused-ring (bicyclic) bond motifs is 3. The molecule has 0 bridgehead atoms. The summed E-state index contributed by atoms with van der Waals surface area (Å²) in [6.07, 6.45) is 1.63. The van der Waals surface area contributed by atoms with E-state index in [4.69, 9.17) is 22.1 Å². The van der Waals surface area contributed by atoms with E-state index in [1.165, 1.54) is 0 Å². The summed E-state index contributed by atoms with van der Waals surface area (Å²) in [4.78, 5) is 8.25. The summed E-state index contributed by atoms with van der Waals surface area (Å²) in [6.45, 7) is 1.10. The van der Waals surface area contributed by atoms with E-state index < -0.39 is 0 Å². The van der Waals surface area contributed by atoms with E-state index in [9.17, 15) is 0 Å². The number of aromatic nitrogens is 2. The Kier molecular flexibility index (Phi) is 1.81. The van der Waals surface area contributed by atoms with Crippen LogP contribution in [0.1, 0.15) is 11.1 Å². The highest BCUT2D eigenvalue weighted by atomic mass is 35.5. The molecule has 15 heavy (non-hydrogen) atoms. The Morgan fingerprint density at radius 1 is 1.33 bits per heavy atom. The van der Waals surface area contributed by atoms with Gasteiger partial charge in [-0.3, -0.25) is 0 Å². The molecule has 0 saturated heterocycles. The van der Waals surface area contributed by atoms with Crippen molar-refractivity contribution < 1.29 is 4.74 Å². The summed E-state index contributed by atoms with van der Waals surface area (Å²) in [5.41, 5.74) is 8.65. The van der Waals surface area contributed by atoms with Gasteiger partial charge in [-0.25, -0.2) is 9.97 Å². The fourth-order valence-electron chi connectivity index (χ4n) is 1.85. The van der Waals surface area contributed by atoms with Crippen molar-refractivity contribution in [1.82, 2.24) is 9.97 Å². The van der Waals surface area contributed by atoms with Gasteiger partial charge >= 0.3 is 0 Å². The molecule has 2 aromatic rings. The maximum atomic E-state index is 5.85. The summed E-state index contributed by atoms with van der Waals surface area (Å²) in [6, 6.07) is 1.80. The van der Waals surface area contributed by atoms with E-state index in [1.807, 2.05) is 0 Å². The highest BCUT2D eigenvalue weighted by molar-refractivity contribution is 6.30. The molecule has 1 aliphatic heterocycles. The van der Waals surface area contributed by atoms with Crippen LogP contribution in [0.4, 0.5) is 5.82 Å². The maximum absolute atomic E-state index is 5.85. The lowest BCUT2D eigenvalue weighted by atomic mass is 10.1. The summed E-state index contributed by atoms with van der Waals surface area (Å²) < 4.78 is 5.36. The molecule has 0 spiro atoms. The molecule has 0 amide bonds. The minimum absolute atomic E-state index is 0.461. The second-order valence-electron chi connectivity index (χ2n) is 3.47. The van der Waals surface area contributed by atoms with E-state index in [1.54, 1.807) is 12.3 Å². The van der Waals surface area contributed by atoms with Crippen LogP contribution >= 0.6 is 11.6 Å². The molecule has 2 N–H and O–H groups in total. The standard InChI is InChI=1S/C10H8ClN3O/c11-9-1-5-6-3-15-4-7(6)10(12)14-8(5)2-13-9/h1-2H,3-4H2,(H2,12,14). The summed E-state index contributed by atoms with van der Waals surface area (Å²) in [5, 5.41) is 1.44. The van der Waals surface area contributed by atoms with Crippen molar-refractivity contribution in [2.45, 2.75) is 13.2 Å². The van der Waals surface area contributed by atoms with Crippen LogP contribution in [0.15, 0.2) is 12.3 Å². The van der Waals surface area contributed by atoms with Crippen molar-refractivity contribution >= 4 is 28.3 Å². The minimum Gasteiger partial charge on any atom is -0.383 e. The fourth-order valence-corrected chi connectivity index (χ4v) is 2.01. The molecular formula is C10H8ClN3O. The van der Waals surface area contributed by atoms with Crippen molar-refractivity contribution in [2.75, 3.05) is 5.73 Å². The number of nitrogens with two attached hydrogens (primary N) is 1. The Morgan fingerprint density at radius 2 is 2.13 bits per heavy atom. The Labute approximate surface area is 91.0 Å². The molecule has 4 nitrogen and oxygen atoms in total. The lowest BCUT2D eigenvalue weighted by Gasteiger charge is -2.05. The lowest BCUT2D eigenvalue weighted by Crippen LogP contribution is -1.99. The molecule has 0 unspecified atom stereocenters. The van der Waals surface area contributed by atoms with Crippen LogP contribution in [0.3, 0.4) is 0 Å².